The summed E-state index contributed by atoms with van der Waals surface area (Å²) in [5.41, 5.74) is 0. The molecule has 0 amide bonds. The first-order chi connectivity index (χ1) is 3.98. The lowest BCUT2D eigenvalue weighted by Crippen LogP contribution is -2.12. The molecule has 1 saturated heterocycles. The molecular weight excluding hydrogens is 142 g/mol. The van der Waals surface area contributed by atoms with Gasteiger partial charge in [-0.2, -0.15) is 0 Å². The van der Waals surface area contributed by atoms with E-state index < -0.39 is 8.24 Å². The van der Waals surface area contributed by atoms with Gasteiger partial charge in [0.2, 0.25) is 0 Å². The van der Waals surface area contributed by atoms with Crippen LogP contribution < -0.4 is 0 Å². The van der Waals surface area contributed by atoms with Crippen molar-refractivity contribution in [3.8, 4) is 0 Å². The third kappa shape index (κ3) is 0.921. The Morgan fingerprint density at radius 2 is 1.67 bits per heavy atom. The van der Waals surface area contributed by atoms with Crippen molar-refractivity contribution < 1.29 is 0 Å². The molecule has 3 heteroatoms. The number of nitrogens with zero attached hydrogens (tertiary/aromatic N) is 1. The van der Waals surface area contributed by atoms with Crippen LogP contribution in [0.5, 0.6) is 0 Å². The zero-order valence-corrected chi connectivity index (χ0v) is 8.95. The molecule has 0 aromatic heterocycles. The Morgan fingerprint density at radius 3 is 1.67 bits per heavy atom. The first kappa shape index (κ1) is 7.21. The Labute approximate surface area is 60.0 Å². The van der Waals surface area contributed by atoms with Crippen LogP contribution in [0.2, 0.25) is 26.2 Å². The molecule has 0 N–H and O–H groups in total. The maximum Gasteiger partial charge on any atom is 0.191 e. The van der Waals surface area contributed by atoms with E-state index in [0.29, 0.717) is 0 Å². The second-order valence-corrected chi connectivity index (χ2v) is 10.7. The van der Waals surface area contributed by atoms with E-state index in [9.17, 15) is 0 Å². The van der Waals surface area contributed by atoms with Crippen molar-refractivity contribution in [2.45, 2.75) is 26.2 Å². The third-order valence-corrected chi connectivity index (χ3v) is 10.2. The Kier molecular flexibility index (Phi) is 1.44. The van der Waals surface area contributed by atoms with Gasteiger partial charge in [-0.25, -0.2) is 0 Å². The number of hydrogen-bond donors (Lipinski definition) is 0. The fourth-order valence-electron chi connectivity index (χ4n) is 1.53. The molecule has 1 nitrogen and oxygen atoms in total. The first-order valence-electron chi connectivity index (χ1n) is 3.39. The second kappa shape index (κ2) is 1.79. The van der Waals surface area contributed by atoms with Gasteiger partial charge in [0.1, 0.15) is 0 Å². The zero-order valence-electron chi connectivity index (χ0n) is 6.95. The molecule has 0 aliphatic carbocycles. The molecule has 1 fully saturated rings. The lowest BCUT2D eigenvalue weighted by atomic mass is 11.3. The molecule has 0 spiro atoms. The van der Waals surface area contributed by atoms with Crippen molar-refractivity contribution >= 4 is 21.6 Å². The summed E-state index contributed by atoms with van der Waals surface area (Å²) in [6.45, 7) is 9.64. The summed E-state index contributed by atoms with van der Waals surface area (Å²) >= 11 is 0. The van der Waals surface area contributed by atoms with E-state index in [1.165, 1.54) is 0 Å². The molecule has 0 unspecified atom stereocenters. The highest BCUT2D eigenvalue weighted by Gasteiger charge is 2.49. The van der Waals surface area contributed by atoms with Gasteiger partial charge in [-0.1, -0.05) is 13.1 Å². The normalized spacial score (nSPS) is 22.3. The molecule has 1 heterocycles. The lowest BCUT2D eigenvalue weighted by Gasteiger charge is -1.91. The van der Waals surface area contributed by atoms with Crippen LogP contribution in [0.4, 0.5) is 0 Å². The molecule has 1 aliphatic rings. The highest BCUT2D eigenvalue weighted by atomic mass is 28.4. The Balaban J connectivity index is 2.86. The minimum absolute atomic E-state index is 0.0913. The highest BCUT2D eigenvalue weighted by molar-refractivity contribution is 7.27. The predicted octanol–water partition coefficient (Wildman–Crippen LogP) is 1.14. The standard InChI is InChI=1S/C6H15NSi2/c1-7-6(8(2)3)9(7,4)5/h1-5H3. The molecule has 0 atom stereocenters. The van der Waals surface area contributed by atoms with E-state index in [2.05, 4.69) is 37.8 Å². The average molecular weight is 157 g/mol. The molecule has 1 rings (SSSR count). The highest BCUT2D eigenvalue weighted by Crippen LogP contribution is 2.26. The van der Waals surface area contributed by atoms with Crippen LogP contribution in [-0.2, 0) is 0 Å². The quantitative estimate of drug-likeness (QED) is 0.376. The van der Waals surface area contributed by atoms with Crippen LogP contribution in [0.1, 0.15) is 0 Å². The van der Waals surface area contributed by atoms with Crippen LogP contribution in [0, 0.1) is 0 Å². The summed E-state index contributed by atoms with van der Waals surface area (Å²) in [5, 5.41) is 0. The van der Waals surface area contributed by atoms with E-state index >= 15 is 0 Å². The van der Waals surface area contributed by atoms with Gasteiger partial charge >= 0.3 is 0 Å². The van der Waals surface area contributed by atoms with Crippen molar-refractivity contribution in [2.24, 2.45) is 0 Å². The van der Waals surface area contributed by atoms with E-state index in [-0.39, 0.29) is 8.41 Å². The van der Waals surface area contributed by atoms with E-state index in [1.54, 1.807) is 0 Å². The summed E-state index contributed by atoms with van der Waals surface area (Å²) in [7, 11) is 1.30. The predicted molar refractivity (Wildman–Crippen MR) is 47.7 cm³/mol. The van der Waals surface area contributed by atoms with Gasteiger partial charge in [0.05, 0.1) is 0 Å². The SMILES string of the molecule is CN1C(=[Si](C)C)[Si]1(C)C. The van der Waals surface area contributed by atoms with Gasteiger partial charge in [0.25, 0.3) is 0 Å². The second-order valence-electron chi connectivity index (χ2n) is 3.47. The van der Waals surface area contributed by atoms with Gasteiger partial charge in [0.15, 0.2) is 8.24 Å². The molecule has 0 radical (unpaired) electrons. The largest absolute Gasteiger partial charge is 0.405 e. The van der Waals surface area contributed by atoms with Crippen molar-refractivity contribution in [1.29, 1.82) is 0 Å². The van der Waals surface area contributed by atoms with Gasteiger partial charge in [-0.3, -0.25) is 0 Å². The third-order valence-electron chi connectivity index (χ3n) is 2.18. The molecule has 0 aromatic rings. The van der Waals surface area contributed by atoms with Crippen LogP contribution in [0.25, 0.3) is 0 Å². The van der Waals surface area contributed by atoms with E-state index in [1.807, 2.05) is 4.92 Å². The average Bonchev–Trinajstić information content (AvgIpc) is 2.07. The maximum atomic E-state index is 2.53. The minimum Gasteiger partial charge on any atom is -0.405 e. The minimum atomic E-state index is -0.862. The van der Waals surface area contributed by atoms with Gasteiger partial charge < -0.3 is 4.57 Å². The van der Waals surface area contributed by atoms with E-state index in [0.717, 1.165) is 0 Å². The molecular formula is C6H15NSi2. The first-order valence-corrected chi connectivity index (χ1v) is 8.84. The van der Waals surface area contributed by atoms with Gasteiger partial charge in [0, 0.05) is 8.41 Å². The van der Waals surface area contributed by atoms with Crippen LogP contribution in [-0.4, -0.2) is 33.2 Å². The fraction of sp³-hybridized carbons (Fsp3) is 0.833. The Morgan fingerprint density at radius 1 is 1.33 bits per heavy atom. The fourth-order valence-corrected chi connectivity index (χ4v) is 10.8. The van der Waals surface area contributed by atoms with Gasteiger partial charge in [-0.15, -0.1) is 0 Å². The van der Waals surface area contributed by atoms with Gasteiger partial charge in [-0.05, 0) is 25.1 Å². The van der Waals surface area contributed by atoms with E-state index in [4.69, 9.17) is 0 Å². The maximum absolute atomic E-state index is 2.53. The van der Waals surface area contributed by atoms with Crippen molar-refractivity contribution in [1.82, 2.24) is 4.57 Å². The van der Waals surface area contributed by atoms with Crippen molar-refractivity contribution in [2.75, 3.05) is 7.05 Å². The monoisotopic (exact) mass is 157 g/mol. The molecule has 1 aliphatic heterocycles. The Hall–Kier alpha value is 0.104. The summed E-state index contributed by atoms with van der Waals surface area (Å²) < 4.78 is 2.53. The number of rotatable bonds is 0. The smallest absolute Gasteiger partial charge is 0.191 e. The summed E-state index contributed by atoms with van der Waals surface area (Å²) in [5.74, 6) is 0. The van der Waals surface area contributed by atoms with Crippen LogP contribution in [0.3, 0.4) is 0 Å². The van der Waals surface area contributed by atoms with Crippen molar-refractivity contribution in [3.63, 3.8) is 0 Å². The van der Waals surface area contributed by atoms with Crippen molar-refractivity contribution in [3.05, 3.63) is 0 Å². The lowest BCUT2D eigenvalue weighted by molar-refractivity contribution is 0.891. The summed E-state index contributed by atoms with van der Waals surface area (Å²) in [6.07, 6.45) is 0. The van der Waals surface area contributed by atoms with Crippen LogP contribution >= 0.6 is 0 Å². The van der Waals surface area contributed by atoms with Crippen LogP contribution in [0.15, 0.2) is 0 Å². The molecule has 52 valence electrons. The topological polar surface area (TPSA) is 3.01 Å². The summed E-state index contributed by atoms with van der Waals surface area (Å²) in [4.78, 5) is 1.83. The molecule has 9 heavy (non-hydrogen) atoms. The molecule has 0 bridgehead atoms. The Bertz CT molecular complexity index is 168. The molecule has 0 saturated carbocycles. The number of hydrogen-bond acceptors (Lipinski definition) is 1. The summed E-state index contributed by atoms with van der Waals surface area (Å²) in [6, 6.07) is 0. The zero-order chi connectivity index (χ0) is 7.23. The molecule has 0 aromatic carbocycles.